The summed E-state index contributed by atoms with van der Waals surface area (Å²) in [7, 11) is 0. The van der Waals surface area contributed by atoms with Crippen molar-refractivity contribution in [3.63, 3.8) is 0 Å². The Labute approximate surface area is 177 Å². The normalized spacial score (nSPS) is 14.8. The van der Waals surface area contributed by atoms with Crippen molar-refractivity contribution in [3.05, 3.63) is 101 Å². The molecule has 0 radical (unpaired) electrons. The van der Waals surface area contributed by atoms with Gasteiger partial charge in [-0.05, 0) is 62.2 Å². The van der Waals surface area contributed by atoms with Crippen LogP contribution in [0.25, 0.3) is 5.57 Å². The van der Waals surface area contributed by atoms with Gasteiger partial charge in [0.15, 0.2) is 0 Å². The third-order valence-corrected chi connectivity index (χ3v) is 5.55. The summed E-state index contributed by atoms with van der Waals surface area (Å²) in [6.07, 6.45) is 1.86. The van der Waals surface area contributed by atoms with Crippen LogP contribution in [0.5, 0.6) is 0 Å². The van der Waals surface area contributed by atoms with E-state index in [-0.39, 0.29) is 11.8 Å². The molecule has 4 heteroatoms. The molecule has 0 N–H and O–H groups in total. The SMILES string of the molecule is CCN(/C=C1/C(=O)N(c2ccc(C)c(C)c2)C(=O)c2ccccc21)c1ccccc1. The molecule has 0 aromatic heterocycles. The second-order valence-electron chi connectivity index (χ2n) is 7.42. The average molecular weight is 396 g/mol. The van der Waals surface area contributed by atoms with Crippen molar-refractivity contribution in [2.45, 2.75) is 20.8 Å². The Morgan fingerprint density at radius 3 is 2.13 bits per heavy atom. The Balaban J connectivity index is 1.87. The summed E-state index contributed by atoms with van der Waals surface area (Å²) in [5.41, 5.74) is 5.45. The molecule has 1 aliphatic heterocycles. The van der Waals surface area contributed by atoms with Gasteiger partial charge in [0.2, 0.25) is 0 Å². The lowest BCUT2D eigenvalue weighted by molar-refractivity contribution is -0.112. The highest BCUT2D eigenvalue weighted by molar-refractivity contribution is 6.41. The molecule has 0 saturated heterocycles. The molecular formula is C26H24N2O2. The number of rotatable bonds is 4. The molecule has 0 spiro atoms. The van der Waals surface area contributed by atoms with Crippen molar-refractivity contribution in [2.75, 3.05) is 16.3 Å². The van der Waals surface area contributed by atoms with Crippen LogP contribution >= 0.6 is 0 Å². The van der Waals surface area contributed by atoms with Gasteiger partial charge in [-0.2, -0.15) is 0 Å². The third kappa shape index (κ3) is 3.41. The summed E-state index contributed by atoms with van der Waals surface area (Å²) in [6, 6.07) is 22.9. The number of hydrogen-bond acceptors (Lipinski definition) is 3. The predicted octanol–water partition coefficient (Wildman–Crippen LogP) is 5.36. The maximum absolute atomic E-state index is 13.6. The summed E-state index contributed by atoms with van der Waals surface area (Å²) in [5.74, 6) is -0.602. The molecule has 4 rings (SSSR count). The molecule has 3 aromatic rings. The zero-order chi connectivity index (χ0) is 21.3. The summed E-state index contributed by atoms with van der Waals surface area (Å²) in [4.78, 5) is 30.2. The molecule has 150 valence electrons. The van der Waals surface area contributed by atoms with Crippen LogP contribution in [0.2, 0.25) is 0 Å². The Morgan fingerprint density at radius 2 is 1.47 bits per heavy atom. The van der Waals surface area contributed by atoms with Crippen LogP contribution in [0.4, 0.5) is 11.4 Å². The van der Waals surface area contributed by atoms with Crippen molar-refractivity contribution >= 4 is 28.8 Å². The van der Waals surface area contributed by atoms with Crippen LogP contribution in [0.1, 0.15) is 34.0 Å². The van der Waals surface area contributed by atoms with Crippen LogP contribution in [0.3, 0.4) is 0 Å². The number of carbonyl (C=O) groups is 2. The molecule has 0 aliphatic carbocycles. The van der Waals surface area contributed by atoms with E-state index < -0.39 is 0 Å². The number of fused-ring (bicyclic) bond motifs is 1. The standard InChI is InChI=1S/C26H24N2O2/c1-4-27(20-10-6-5-7-11-20)17-24-22-12-8-9-13-23(22)25(29)28(26(24)30)21-15-14-18(2)19(3)16-21/h5-17H,4H2,1-3H3/b24-17+. The molecule has 0 saturated carbocycles. The fourth-order valence-electron chi connectivity index (χ4n) is 3.70. The minimum Gasteiger partial charge on any atom is -0.347 e. The number of amides is 2. The summed E-state index contributed by atoms with van der Waals surface area (Å²) in [5, 5.41) is 0. The number of carbonyl (C=O) groups excluding carboxylic acids is 2. The van der Waals surface area contributed by atoms with E-state index in [4.69, 9.17) is 0 Å². The van der Waals surface area contributed by atoms with Gasteiger partial charge >= 0.3 is 0 Å². The number of anilines is 2. The Morgan fingerprint density at radius 1 is 0.800 bits per heavy atom. The predicted molar refractivity (Wildman–Crippen MR) is 122 cm³/mol. The molecule has 3 aromatic carbocycles. The van der Waals surface area contributed by atoms with E-state index in [0.717, 1.165) is 16.8 Å². The first kappa shape index (κ1) is 19.6. The highest BCUT2D eigenvalue weighted by Gasteiger charge is 2.36. The number of imide groups is 1. The van der Waals surface area contributed by atoms with Crippen molar-refractivity contribution in [1.82, 2.24) is 0 Å². The van der Waals surface area contributed by atoms with E-state index in [0.29, 0.717) is 28.9 Å². The van der Waals surface area contributed by atoms with E-state index in [1.165, 1.54) is 4.90 Å². The third-order valence-electron chi connectivity index (χ3n) is 5.55. The maximum Gasteiger partial charge on any atom is 0.267 e. The summed E-state index contributed by atoms with van der Waals surface area (Å²) < 4.78 is 0. The Bertz CT molecular complexity index is 1150. The zero-order valence-electron chi connectivity index (χ0n) is 17.4. The molecule has 2 amide bonds. The molecule has 0 unspecified atom stereocenters. The summed E-state index contributed by atoms with van der Waals surface area (Å²) >= 11 is 0. The first-order chi connectivity index (χ1) is 14.5. The molecule has 0 bridgehead atoms. The van der Waals surface area contributed by atoms with Gasteiger partial charge in [-0.15, -0.1) is 0 Å². The second-order valence-corrected chi connectivity index (χ2v) is 7.42. The van der Waals surface area contributed by atoms with Crippen LogP contribution in [0.15, 0.2) is 79.0 Å². The van der Waals surface area contributed by atoms with Gasteiger partial charge in [0, 0.05) is 29.6 Å². The van der Waals surface area contributed by atoms with Crippen LogP contribution in [0, 0.1) is 13.8 Å². The van der Waals surface area contributed by atoms with Crippen molar-refractivity contribution in [2.24, 2.45) is 0 Å². The van der Waals surface area contributed by atoms with Gasteiger partial charge in [-0.3, -0.25) is 9.59 Å². The van der Waals surface area contributed by atoms with Crippen LogP contribution < -0.4 is 9.80 Å². The summed E-state index contributed by atoms with van der Waals surface area (Å²) in [6.45, 7) is 6.73. The molecule has 0 fully saturated rings. The lowest BCUT2D eigenvalue weighted by atomic mass is 9.93. The minimum atomic E-state index is -0.309. The first-order valence-electron chi connectivity index (χ1n) is 10.1. The van der Waals surface area contributed by atoms with Gasteiger partial charge in [0.05, 0.1) is 11.3 Å². The van der Waals surface area contributed by atoms with E-state index in [2.05, 4.69) is 0 Å². The van der Waals surface area contributed by atoms with Gasteiger partial charge in [0.1, 0.15) is 0 Å². The molecule has 30 heavy (non-hydrogen) atoms. The molecule has 0 atom stereocenters. The van der Waals surface area contributed by atoms with E-state index in [9.17, 15) is 9.59 Å². The van der Waals surface area contributed by atoms with E-state index in [1.807, 2.05) is 98.6 Å². The fourth-order valence-corrected chi connectivity index (χ4v) is 3.70. The smallest absolute Gasteiger partial charge is 0.267 e. The van der Waals surface area contributed by atoms with Crippen molar-refractivity contribution < 1.29 is 9.59 Å². The first-order valence-corrected chi connectivity index (χ1v) is 10.1. The molecule has 1 heterocycles. The van der Waals surface area contributed by atoms with Gasteiger partial charge in [0.25, 0.3) is 11.8 Å². The van der Waals surface area contributed by atoms with Gasteiger partial charge in [-0.1, -0.05) is 42.5 Å². The Kier molecular flexibility index (Phi) is 5.23. The number of nitrogens with zero attached hydrogens (tertiary/aromatic N) is 2. The number of aryl methyl sites for hydroxylation is 2. The zero-order valence-corrected chi connectivity index (χ0v) is 17.4. The quantitative estimate of drug-likeness (QED) is 0.440. The van der Waals surface area contributed by atoms with E-state index >= 15 is 0 Å². The largest absolute Gasteiger partial charge is 0.347 e. The van der Waals surface area contributed by atoms with Crippen LogP contribution in [-0.2, 0) is 4.79 Å². The second kappa shape index (κ2) is 7.99. The molecule has 1 aliphatic rings. The van der Waals surface area contributed by atoms with Crippen LogP contribution in [-0.4, -0.2) is 18.4 Å². The minimum absolute atomic E-state index is 0.293. The monoisotopic (exact) mass is 396 g/mol. The fraction of sp³-hybridized carbons (Fsp3) is 0.154. The van der Waals surface area contributed by atoms with Gasteiger partial charge < -0.3 is 4.90 Å². The Hall–Kier alpha value is -3.66. The van der Waals surface area contributed by atoms with Crippen molar-refractivity contribution in [1.29, 1.82) is 0 Å². The lowest BCUT2D eigenvalue weighted by Crippen LogP contribution is -2.42. The van der Waals surface area contributed by atoms with Crippen molar-refractivity contribution in [3.8, 4) is 0 Å². The number of hydrogen-bond donors (Lipinski definition) is 0. The van der Waals surface area contributed by atoms with Gasteiger partial charge in [-0.25, -0.2) is 4.90 Å². The molecular weight excluding hydrogens is 372 g/mol. The topological polar surface area (TPSA) is 40.6 Å². The number of para-hydroxylation sites is 1. The highest BCUT2D eigenvalue weighted by atomic mass is 16.2. The maximum atomic E-state index is 13.6. The molecule has 4 nitrogen and oxygen atoms in total. The average Bonchev–Trinajstić information content (AvgIpc) is 2.77. The van der Waals surface area contributed by atoms with E-state index in [1.54, 1.807) is 6.07 Å². The number of benzene rings is 3. The lowest BCUT2D eigenvalue weighted by Gasteiger charge is -2.30. The highest BCUT2D eigenvalue weighted by Crippen LogP contribution is 2.33.